The second kappa shape index (κ2) is 5.36. The van der Waals surface area contributed by atoms with Crippen molar-refractivity contribution in [1.29, 1.82) is 0 Å². The molecule has 0 aliphatic rings. The maximum absolute atomic E-state index is 12.6. The van der Waals surface area contributed by atoms with Gasteiger partial charge in [0, 0.05) is 6.20 Å². The lowest BCUT2D eigenvalue weighted by Crippen LogP contribution is -2.22. The van der Waals surface area contributed by atoms with Crippen molar-refractivity contribution in [2.24, 2.45) is 5.14 Å². The van der Waals surface area contributed by atoms with Crippen LogP contribution in [-0.2, 0) is 10.0 Å². The number of nitro groups is 1. The van der Waals surface area contributed by atoms with Crippen molar-refractivity contribution >= 4 is 15.7 Å². The number of halogens is 5. The van der Waals surface area contributed by atoms with Crippen LogP contribution in [0.25, 0.3) is 0 Å². The maximum Gasteiger partial charge on any atom is 0.574 e. The Hall–Kier alpha value is -2.09. The highest BCUT2D eigenvalue weighted by atomic mass is 32.2. The first-order valence-electron chi connectivity index (χ1n) is 4.58. The highest BCUT2D eigenvalue weighted by Crippen LogP contribution is 2.39. The molecule has 1 aromatic rings. The normalized spacial score (nSPS) is 12.5. The van der Waals surface area contributed by atoms with E-state index in [-0.39, 0.29) is 6.20 Å². The molecule has 21 heavy (non-hydrogen) atoms. The minimum absolute atomic E-state index is 0.00150. The van der Waals surface area contributed by atoms with E-state index >= 15 is 0 Å². The molecule has 14 heteroatoms. The van der Waals surface area contributed by atoms with Crippen molar-refractivity contribution < 1.29 is 40.0 Å². The van der Waals surface area contributed by atoms with Gasteiger partial charge in [-0.3, -0.25) is 10.1 Å². The van der Waals surface area contributed by atoms with Crippen LogP contribution in [0.5, 0.6) is 5.88 Å². The average molecular weight is 337 g/mol. The molecule has 1 heterocycles. The molecule has 0 spiro atoms. The zero-order valence-corrected chi connectivity index (χ0v) is 10.3. The molecule has 0 atom stereocenters. The molecule has 1 rings (SSSR count). The summed E-state index contributed by atoms with van der Waals surface area (Å²) >= 11 is 0. The average Bonchev–Trinajstić information content (AvgIpc) is 2.23. The summed E-state index contributed by atoms with van der Waals surface area (Å²) in [7, 11) is -5.14. The zero-order valence-electron chi connectivity index (χ0n) is 9.47. The summed E-state index contributed by atoms with van der Waals surface area (Å²) in [6.07, 6.45) is -9.04. The van der Waals surface area contributed by atoms with Gasteiger partial charge in [-0.2, -0.15) is 0 Å². The van der Waals surface area contributed by atoms with Crippen molar-refractivity contribution in [3.05, 3.63) is 21.9 Å². The third-order valence-corrected chi connectivity index (χ3v) is 2.91. The molecule has 0 aliphatic heterocycles. The minimum Gasteiger partial charge on any atom is -0.381 e. The van der Waals surface area contributed by atoms with Gasteiger partial charge >= 0.3 is 17.9 Å². The van der Waals surface area contributed by atoms with Gasteiger partial charge in [0.1, 0.15) is 0 Å². The van der Waals surface area contributed by atoms with Crippen molar-refractivity contribution in [2.45, 2.75) is 17.7 Å². The van der Waals surface area contributed by atoms with Gasteiger partial charge in [0.15, 0.2) is 4.90 Å². The van der Waals surface area contributed by atoms with Crippen molar-refractivity contribution in [1.82, 2.24) is 4.98 Å². The van der Waals surface area contributed by atoms with E-state index in [1.54, 1.807) is 0 Å². The molecule has 0 saturated carbocycles. The van der Waals surface area contributed by atoms with Crippen LogP contribution in [0.2, 0.25) is 0 Å². The Morgan fingerprint density at radius 2 is 1.90 bits per heavy atom. The van der Waals surface area contributed by atoms with Gasteiger partial charge in [0.2, 0.25) is 10.0 Å². The van der Waals surface area contributed by atoms with Gasteiger partial charge < -0.3 is 4.74 Å². The molecular formula is C7H4F5N3O5S. The lowest BCUT2D eigenvalue weighted by Gasteiger charge is -2.12. The first-order chi connectivity index (χ1) is 9.34. The molecule has 0 saturated heterocycles. The molecule has 0 aliphatic carbocycles. The Morgan fingerprint density at radius 3 is 2.24 bits per heavy atom. The number of alkyl halides is 5. The molecule has 0 bridgehead atoms. The number of ether oxygens (including phenoxy) is 1. The van der Waals surface area contributed by atoms with Crippen molar-refractivity contribution in [3.63, 3.8) is 0 Å². The summed E-state index contributed by atoms with van der Waals surface area (Å²) < 4.78 is 86.9. The van der Waals surface area contributed by atoms with E-state index in [0.717, 1.165) is 0 Å². The summed E-state index contributed by atoms with van der Waals surface area (Å²) in [6, 6.07) is 0. The predicted octanol–water partition coefficient (Wildman–Crippen LogP) is 1.47. The molecule has 0 amide bonds. The van der Waals surface area contributed by atoms with Gasteiger partial charge in [-0.15, -0.1) is 13.2 Å². The second-order valence-electron chi connectivity index (χ2n) is 3.35. The molecule has 0 unspecified atom stereocenters. The fourth-order valence-corrected chi connectivity index (χ4v) is 2.18. The van der Waals surface area contributed by atoms with E-state index in [4.69, 9.17) is 0 Å². The molecule has 2 N–H and O–H groups in total. The quantitative estimate of drug-likeness (QED) is 0.504. The highest BCUT2D eigenvalue weighted by Gasteiger charge is 2.41. The van der Waals surface area contributed by atoms with Crippen LogP contribution in [0.15, 0.2) is 11.1 Å². The van der Waals surface area contributed by atoms with Crippen molar-refractivity contribution in [3.8, 4) is 5.88 Å². The molecular weight excluding hydrogens is 333 g/mol. The Labute approximate surface area is 112 Å². The van der Waals surface area contributed by atoms with Gasteiger partial charge in [-0.25, -0.2) is 27.3 Å². The maximum atomic E-state index is 12.6. The fourth-order valence-electron chi connectivity index (χ4n) is 1.28. The summed E-state index contributed by atoms with van der Waals surface area (Å²) in [5, 5.41) is 15.2. The lowest BCUT2D eigenvalue weighted by molar-refractivity contribution is -0.392. The third kappa shape index (κ3) is 3.94. The van der Waals surface area contributed by atoms with E-state index in [1.165, 1.54) is 0 Å². The Kier molecular flexibility index (Phi) is 4.33. The van der Waals surface area contributed by atoms with Crippen LogP contribution in [-0.4, -0.2) is 24.7 Å². The van der Waals surface area contributed by atoms with E-state index in [1.807, 2.05) is 0 Å². The highest BCUT2D eigenvalue weighted by molar-refractivity contribution is 7.89. The number of sulfonamides is 1. The molecule has 8 nitrogen and oxygen atoms in total. The molecule has 1 aromatic heterocycles. The first kappa shape index (κ1) is 17.0. The van der Waals surface area contributed by atoms with E-state index in [2.05, 4.69) is 14.9 Å². The van der Waals surface area contributed by atoms with Crippen molar-refractivity contribution in [2.75, 3.05) is 0 Å². The van der Waals surface area contributed by atoms with Crippen LogP contribution in [0, 0.1) is 10.1 Å². The number of nitrogens with two attached hydrogens (primary N) is 1. The van der Waals surface area contributed by atoms with Crippen LogP contribution in [0.3, 0.4) is 0 Å². The largest absolute Gasteiger partial charge is 0.574 e. The van der Waals surface area contributed by atoms with Crippen LogP contribution < -0.4 is 9.88 Å². The standard InChI is InChI=1S/C7H4F5N3O5S/c8-5(9)2-1-14-6(20-7(10,11)12)3(15(16)17)4(2)21(13,18)19/h1,5H,(H2,13,18,19). The van der Waals surface area contributed by atoms with E-state index < -0.39 is 49.8 Å². The topological polar surface area (TPSA) is 125 Å². The molecule has 0 aromatic carbocycles. The lowest BCUT2D eigenvalue weighted by atomic mass is 10.2. The summed E-state index contributed by atoms with van der Waals surface area (Å²) in [6.45, 7) is 0. The smallest absolute Gasteiger partial charge is 0.381 e. The Balaban J connectivity index is 3.77. The van der Waals surface area contributed by atoms with Gasteiger partial charge in [0.25, 0.3) is 6.43 Å². The number of hydrogen-bond acceptors (Lipinski definition) is 6. The van der Waals surface area contributed by atoms with Crippen LogP contribution in [0.4, 0.5) is 27.6 Å². The van der Waals surface area contributed by atoms with Crippen LogP contribution >= 0.6 is 0 Å². The van der Waals surface area contributed by atoms with Gasteiger partial charge in [-0.1, -0.05) is 0 Å². The number of nitrogens with zero attached hydrogens (tertiary/aromatic N) is 2. The molecule has 118 valence electrons. The third-order valence-electron chi connectivity index (χ3n) is 1.92. The van der Waals surface area contributed by atoms with Gasteiger partial charge in [-0.05, 0) is 0 Å². The summed E-state index contributed by atoms with van der Waals surface area (Å²) in [4.78, 5) is 9.94. The second-order valence-corrected chi connectivity index (χ2v) is 4.85. The Morgan fingerprint density at radius 1 is 1.38 bits per heavy atom. The number of aromatic nitrogens is 1. The van der Waals surface area contributed by atoms with Gasteiger partial charge in [0.05, 0.1) is 10.5 Å². The SMILES string of the molecule is NS(=O)(=O)c1c(C(F)F)cnc(OC(F)(F)F)c1[N+](=O)[O-]. The number of pyridine rings is 1. The number of hydrogen-bond donors (Lipinski definition) is 1. The molecule has 0 fully saturated rings. The first-order valence-corrected chi connectivity index (χ1v) is 6.13. The monoisotopic (exact) mass is 337 g/mol. The van der Waals surface area contributed by atoms with E-state index in [9.17, 15) is 40.5 Å². The number of rotatable bonds is 4. The van der Waals surface area contributed by atoms with Crippen LogP contribution in [0.1, 0.15) is 12.0 Å². The predicted molar refractivity (Wildman–Crippen MR) is 53.9 cm³/mol. The van der Waals surface area contributed by atoms with E-state index in [0.29, 0.717) is 0 Å². The Bertz CT molecular complexity index is 674. The fraction of sp³-hybridized carbons (Fsp3) is 0.286. The minimum atomic E-state index is -5.46. The molecule has 0 radical (unpaired) electrons. The number of primary sulfonamides is 1. The summed E-state index contributed by atoms with van der Waals surface area (Å²) in [5.74, 6) is -1.82. The summed E-state index contributed by atoms with van der Waals surface area (Å²) in [5.41, 5.74) is -3.44. The zero-order chi connectivity index (χ0) is 16.6.